The summed E-state index contributed by atoms with van der Waals surface area (Å²) in [7, 11) is 0. The molecule has 0 amide bonds. The van der Waals surface area contributed by atoms with Crippen molar-refractivity contribution < 1.29 is 49.6 Å². The van der Waals surface area contributed by atoms with E-state index in [4.69, 9.17) is 0 Å². The summed E-state index contributed by atoms with van der Waals surface area (Å²) in [5, 5.41) is 2.44. The topological polar surface area (TPSA) is 0 Å². The Morgan fingerprint density at radius 2 is 0.714 bits per heavy atom. The number of hydrogen-bond acceptors (Lipinski definition) is 0. The van der Waals surface area contributed by atoms with Gasteiger partial charge >= 0.3 is 82.7 Å². The minimum Gasteiger partial charge on any atom is -1.00 e. The Balaban J connectivity index is -0.0000000178. The van der Waals surface area contributed by atoms with Gasteiger partial charge in [0.15, 0.2) is 0 Å². The summed E-state index contributed by atoms with van der Waals surface area (Å²) >= 11 is 5.39. The third-order valence-electron chi connectivity index (χ3n) is 0.943. The fourth-order valence-corrected chi connectivity index (χ4v) is 0. The van der Waals surface area contributed by atoms with Crippen molar-refractivity contribution in [3.05, 3.63) is 0 Å². The van der Waals surface area contributed by atoms with Crippen molar-refractivity contribution >= 4 is 32.6 Å². The third kappa shape index (κ3) is 64.2. The second kappa shape index (κ2) is 29.5. The summed E-state index contributed by atoms with van der Waals surface area (Å²) in [6.45, 7) is 8.81. The molecule has 14 heavy (non-hydrogen) atoms. The van der Waals surface area contributed by atoms with Gasteiger partial charge in [-0.1, -0.05) is 0 Å². The molecular weight excluding hydrogens is 292 g/mol. The molecule has 0 aliphatic carbocycles. The van der Waals surface area contributed by atoms with Gasteiger partial charge in [0, 0.05) is 0 Å². The molecule has 6 heteroatoms. The SMILES string of the molecule is CC(C)[CH2][Al+2].CC(C)[CH2][Al+2].[Cl-].[Cl-].[Cl-].[Cl-]. The van der Waals surface area contributed by atoms with Crippen LogP contribution in [0.25, 0.3) is 0 Å². The van der Waals surface area contributed by atoms with E-state index in [9.17, 15) is 0 Å². The smallest absolute Gasteiger partial charge is 1.00 e. The van der Waals surface area contributed by atoms with E-state index in [2.05, 4.69) is 60.3 Å². The van der Waals surface area contributed by atoms with E-state index in [-0.39, 0.29) is 49.6 Å². The van der Waals surface area contributed by atoms with Crippen molar-refractivity contribution in [2.45, 2.75) is 38.3 Å². The van der Waals surface area contributed by atoms with E-state index in [0.29, 0.717) is 0 Å². The Morgan fingerprint density at radius 3 is 0.714 bits per heavy atom. The van der Waals surface area contributed by atoms with E-state index in [1.165, 1.54) is 10.6 Å². The first kappa shape index (κ1) is 36.0. The van der Waals surface area contributed by atoms with Gasteiger partial charge in [-0.15, -0.1) is 0 Å². The molecule has 0 N–H and O–H groups in total. The molecule has 0 saturated carbocycles. The van der Waals surface area contributed by atoms with Crippen molar-refractivity contribution in [1.29, 1.82) is 0 Å². The predicted molar refractivity (Wildman–Crippen MR) is 50.8 cm³/mol. The second-order valence-electron chi connectivity index (χ2n) is 3.26. The largest absolute Gasteiger partial charge is 1.00 e. The van der Waals surface area contributed by atoms with Crippen LogP contribution >= 0.6 is 0 Å². The van der Waals surface area contributed by atoms with Gasteiger partial charge in [0.05, 0.1) is 0 Å². The van der Waals surface area contributed by atoms with Crippen LogP contribution in [0.15, 0.2) is 0 Å². The second-order valence-corrected chi connectivity index (χ2v) is 4.20. The van der Waals surface area contributed by atoms with Gasteiger partial charge in [0.1, 0.15) is 0 Å². The molecule has 0 aliphatic rings. The Morgan fingerprint density at radius 1 is 0.643 bits per heavy atom. The molecule has 84 valence electrons. The molecule has 0 aromatic rings. The maximum Gasteiger partial charge on any atom is -1.00 e. The first-order valence-electron chi connectivity index (χ1n) is 3.94. The normalized spacial score (nSPS) is 7.00. The summed E-state index contributed by atoms with van der Waals surface area (Å²) in [5.74, 6) is 1.69. The zero-order valence-electron chi connectivity index (χ0n) is 9.24. The Labute approximate surface area is 131 Å². The van der Waals surface area contributed by atoms with Crippen LogP contribution in [0.5, 0.6) is 0 Å². The van der Waals surface area contributed by atoms with E-state index in [0.717, 1.165) is 11.8 Å². The molecule has 0 radical (unpaired) electrons. The van der Waals surface area contributed by atoms with Crippen LogP contribution in [0.2, 0.25) is 10.6 Å². The van der Waals surface area contributed by atoms with Gasteiger partial charge in [0.25, 0.3) is 0 Å². The van der Waals surface area contributed by atoms with E-state index < -0.39 is 0 Å². The Hall–Kier alpha value is 2.22. The van der Waals surface area contributed by atoms with E-state index in [1.807, 2.05) is 0 Å². The van der Waals surface area contributed by atoms with Crippen LogP contribution in [0.3, 0.4) is 0 Å². The summed E-state index contributed by atoms with van der Waals surface area (Å²) < 4.78 is 0. The average Bonchev–Trinajstić information content (AvgIpc) is 1.89. The van der Waals surface area contributed by atoms with Crippen molar-refractivity contribution in [2.75, 3.05) is 0 Å². The molecule has 0 aromatic heterocycles. The molecule has 0 fully saturated rings. The standard InChI is InChI=1S/2C4H9.2Al.4ClH/c2*1-4(2)3;;;;;;/h2*4H,1H2,2-3H3;;;4*1H/q;;2*+2;;;;/p-4. The van der Waals surface area contributed by atoms with Gasteiger partial charge in [-0.05, 0) is 0 Å². The number of rotatable bonds is 2. The summed E-state index contributed by atoms with van der Waals surface area (Å²) in [6, 6.07) is 0. The van der Waals surface area contributed by atoms with Crippen molar-refractivity contribution in [3.8, 4) is 0 Å². The molecule has 0 atom stereocenters. The minimum atomic E-state index is 0. The molecule has 0 nitrogen and oxygen atoms in total. The first-order chi connectivity index (χ1) is 4.54. The molecular formula is C8H18Al2Cl4. The van der Waals surface area contributed by atoms with Crippen molar-refractivity contribution in [3.63, 3.8) is 0 Å². The predicted octanol–water partition coefficient (Wildman–Crippen LogP) is -9.53. The van der Waals surface area contributed by atoms with Gasteiger partial charge in [-0.25, -0.2) is 0 Å². The number of hydrogen-bond donors (Lipinski definition) is 0. The average molecular weight is 310 g/mol. The maximum atomic E-state index is 2.69. The zero-order chi connectivity index (χ0) is 8.57. The molecule has 0 saturated heterocycles. The van der Waals surface area contributed by atoms with Crippen LogP contribution in [0, 0.1) is 11.8 Å². The maximum absolute atomic E-state index is 2.69. The van der Waals surface area contributed by atoms with Crippen molar-refractivity contribution in [1.82, 2.24) is 0 Å². The molecule has 0 rings (SSSR count). The fraction of sp³-hybridized carbons (Fsp3) is 1.00. The Kier molecular flexibility index (Phi) is 75.7. The molecule has 0 bridgehead atoms. The Bertz CT molecular complexity index is 55.3. The van der Waals surface area contributed by atoms with Gasteiger partial charge < -0.3 is 49.6 Å². The monoisotopic (exact) mass is 308 g/mol. The summed E-state index contributed by atoms with van der Waals surface area (Å²) in [6.07, 6.45) is 0. The van der Waals surface area contributed by atoms with Crippen molar-refractivity contribution in [2.24, 2.45) is 11.8 Å². The van der Waals surface area contributed by atoms with E-state index >= 15 is 0 Å². The van der Waals surface area contributed by atoms with Crippen LogP contribution in [-0.4, -0.2) is 32.6 Å². The quantitative estimate of drug-likeness (QED) is 0.445. The molecule has 0 spiro atoms. The molecule has 0 aromatic carbocycles. The number of halogens is 4. The van der Waals surface area contributed by atoms with Gasteiger partial charge in [-0.2, -0.15) is 0 Å². The molecule has 0 aliphatic heterocycles. The fourth-order valence-electron chi connectivity index (χ4n) is 0. The molecule has 0 unspecified atom stereocenters. The molecule has 0 heterocycles. The van der Waals surface area contributed by atoms with Crippen LogP contribution in [0.1, 0.15) is 27.7 Å². The van der Waals surface area contributed by atoms with Crippen LogP contribution < -0.4 is 49.6 Å². The van der Waals surface area contributed by atoms with E-state index in [1.54, 1.807) is 0 Å². The van der Waals surface area contributed by atoms with Crippen LogP contribution in [0.4, 0.5) is 0 Å². The third-order valence-corrected chi connectivity index (χ3v) is 2.83. The first-order valence-corrected chi connectivity index (χ1v) is 5.58. The summed E-state index contributed by atoms with van der Waals surface area (Å²) in [5.41, 5.74) is 0. The van der Waals surface area contributed by atoms with Crippen LogP contribution in [-0.2, 0) is 0 Å². The van der Waals surface area contributed by atoms with Gasteiger partial charge in [-0.3, -0.25) is 0 Å². The summed E-state index contributed by atoms with van der Waals surface area (Å²) in [4.78, 5) is 0. The van der Waals surface area contributed by atoms with Gasteiger partial charge in [0.2, 0.25) is 0 Å². The zero-order valence-corrected chi connectivity index (χ0v) is 14.6. The minimum absolute atomic E-state index is 0.